The van der Waals surface area contributed by atoms with Crippen molar-refractivity contribution in [3.63, 3.8) is 0 Å². The molecule has 7 heteroatoms. The van der Waals surface area contributed by atoms with Gasteiger partial charge in [-0.15, -0.1) is 0 Å². The molecule has 3 N–H and O–H groups in total. The molecule has 20 heavy (non-hydrogen) atoms. The summed E-state index contributed by atoms with van der Waals surface area (Å²) < 4.78 is 42.7. The lowest BCUT2D eigenvalue weighted by atomic mass is 9.96. The number of halogens is 3. The van der Waals surface area contributed by atoms with E-state index in [1.807, 2.05) is 0 Å². The van der Waals surface area contributed by atoms with Gasteiger partial charge in [0.25, 0.3) is 0 Å². The molecule has 1 saturated carbocycles. The van der Waals surface area contributed by atoms with E-state index in [2.05, 4.69) is 5.32 Å². The molecule has 0 saturated heterocycles. The van der Waals surface area contributed by atoms with E-state index in [4.69, 9.17) is 10.5 Å². The molecular formula is C13H15F3N2O2. The lowest BCUT2D eigenvalue weighted by Gasteiger charge is -2.25. The minimum absolute atomic E-state index is 0.116. The van der Waals surface area contributed by atoms with Crippen molar-refractivity contribution in [1.29, 1.82) is 0 Å². The van der Waals surface area contributed by atoms with E-state index in [0.717, 1.165) is 37.5 Å². The first-order valence-electron chi connectivity index (χ1n) is 6.24. The van der Waals surface area contributed by atoms with Crippen LogP contribution in [0, 0.1) is 0 Å². The van der Waals surface area contributed by atoms with Gasteiger partial charge in [-0.05, 0) is 37.5 Å². The van der Waals surface area contributed by atoms with Crippen LogP contribution in [0.2, 0.25) is 0 Å². The predicted octanol–water partition coefficient (Wildman–Crippen LogP) is 2.80. The number of carbonyl (C=O) groups is 1. The molecule has 0 unspecified atom stereocenters. The van der Waals surface area contributed by atoms with Crippen molar-refractivity contribution < 1.29 is 22.7 Å². The van der Waals surface area contributed by atoms with Crippen LogP contribution in [0.3, 0.4) is 0 Å². The molecule has 110 valence electrons. The third kappa shape index (κ3) is 3.63. The summed E-state index contributed by atoms with van der Waals surface area (Å²) in [5, 5.41) is 2.44. The van der Waals surface area contributed by atoms with Gasteiger partial charge in [-0.3, -0.25) is 4.79 Å². The molecule has 0 aromatic heterocycles. The van der Waals surface area contributed by atoms with Crippen molar-refractivity contribution >= 4 is 17.3 Å². The molecule has 0 radical (unpaired) electrons. The molecule has 0 heterocycles. The van der Waals surface area contributed by atoms with E-state index in [1.165, 1.54) is 0 Å². The van der Waals surface area contributed by atoms with Gasteiger partial charge in [-0.1, -0.05) is 0 Å². The molecule has 1 amide bonds. The van der Waals surface area contributed by atoms with E-state index in [0.29, 0.717) is 0 Å². The Hall–Kier alpha value is -1.76. The molecule has 2 rings (SSSR count). The second kappa shape index (κ2) is 5.70. The number of carbonyl (C=O) groups excluding carboxylic acids is 1. The molecular weight excluding hydrogens is 273 g/mol. The highest BCUT2D eigenvalue weighted by molar-refractivity contribution is 5.94. The highest BCUT2D eigenvalue weighted by atomic mass is 19.4. The van der Waals surface area contributed by atoms with Crippen LogP contribution in [0.5, 0.6) is 0 Å². The molecule has 0 spiro atoms. The summed E-state index contributed by atoms with van der Waals surface area (Å²) in [7, 11) is 0. The van der Waals surface area contributed by atoms with Crippen molar-refractivity contribution in [3.05, 3.63) is 23.8 Å². The number of hydrogen-bond donors (Lipinski definition) is 2. The average molecular weight is 288 g/mol. The number of alkyl halides is 3. The van der Waals surface area contributed by atoms with Gasteiger partial charge in [0.15, 0.2) is 0 Å². The summed E-state index contributed by atoms with van der Waals surface area (Å²) in [5.41, 5.74) is 4.68. The van der Waals surface area contributed by atoms with E-state index >= 15 is 0 Å². The molecule has 1 aliphatic carbocycles. The normalized spacial score (nSPS) is 15.8. The maximum atomic E-state index is 12.5. The van der Waals surface area contributed by atoms with Crippen molar-refractivity contribution in [2.24, 2.45) is 0 Å². The van der Waals surface area contributed by atoms with Crippen molar-refractivity contribution in [1.82, 2.24) is 0 Å². The molecule has 0 aliphatic heterocycles. The fraction of sp³-hybridized carbons (Fsp3) is 0.462. The number of nitrogens with two attached hydrogens (primary N) is 1. The quantitative estimate of drug-likeness (QED) is 0.837. The molecule has 1 aromatic carbocycles. The van der Waals surface area contributed by atoms with E-state index < -0.39 is 17.6 Å². The number of hydrogen-bond acceptors (Lipinski definition) is 3. The minimum Gasteiger partial charge on any atom is -0.397 e. The summed E-state index contributed by atoms with van der Waals surface area (Å²) in [4.78, 5) is 11.6. The number of nitrogen functional groups attached to an aromatic ring is 1. The Morgan fingerprint density at radius 1 is 1.40 bits per heavy atom. The molecule has 4 nitrogen and oxygen atoms in total. The van der Waals surface area contributed by atoms with Crippen LogP contribution in [0.15, 0.2) is 18.2 Å². The molecule has 1 aliphatic rings. The van der Waals surface area contributed by atoms with Crippen molar-refractivity contribution in [2.45, 2.75) is 31.5 Å². The SMILES string of the molecule is Nc1cc(C(F)(F)F)ccc1NC(=O)COC1CCC1. The van der Waals surface area contributed by atoms with Crippen molar-refractivity contribution in [2.75, 3.05) is 17.7 Å². The number of anilines is 2. The summed E-state index contributed by atoms with van der Waals surface area (Å²) in [6.45, 7) is -0.120. The minimum atomic E-state index is -4.45. The number of ether oxygens (including phenoxy) is 1. The zero-order valence-electron chi connectivity index (χ0n) is 10.7. The van der Waals surface area contributed by atoms with Crippen LogP contribution in [0.4, 0.5) is 24.5 Å². The lowest BCUT2D eigenvalue weighted by molar-refractivity contribution is -0.137. The summed E-state index contributed by atoms with van der Waals surface area (Å²) in [6.07, 6.45) is -1.36. The molecule has 0 atom stereocenters. The number of nitrogens with one attached hydrogen (secondary N) is 1. The fourth-order valence-corrected chi connectivity index (χ4v) is 1.77. The standard InChI is InChI=1S/C13H15F3N2O2/c14-13(15,16)8-4-5-11(10(17)6-8)18-12(19)7-20-9-2-1-3-9/h4-6,9H,1-3,7,17H2,(H,18,19). The van der Waals surface area contributed by atoms with Gasteiger partial charge in [0.1, 0.15) is 6.61 Å². The number of benzene rings is 1. The van der Waals surface area contributed by atoms with Gasteiger partial charge in [0, 0.05) is 0 Å². The van der Waals surface area contributed by atoms with Crippen LogP contribution in [0.25, 0.3) is 0 Å². The number of amides is 1. The van der Waals surface area contributed by atoms with Crippen LogP contribution >= 0.6 is 0 Å². The Morgan fingerprint density at radius 3 is 2.60 bits per heavy atom. The van der Waals surface area contributed by atoms with E-state index in [1.54, 1.807) is 0 Å². The maximum absolute atomic E-state index is 12.5. The smallest absolute Gasteiger partial charge is 0.397 e. The largest absolute Gasteiger partial charge is 0.416 e. The van der Waals surface area contributed by atoms with Gasteiger partial charge in [0.2, 0.25) is 5.91 Å². The highest BCUT2D eigenvalue weighted by Gasteiger charge is 2.30. The topological polar surface area (TPSA) is 64.3 Å². The Labute approximate surface area is 114 Å². The third-order valence-corrected chi connectivity index (χ3v) is 3.16. The second-order valence-corrected chi connectivity index (χ2v) is 4.71. The first-order chi connectivity index (χ1) is 9.36. The molecule has 1 fully saturated rings. The second-order valence-electron chi connectivity index (χ2n) is 4.71. The van der Waals surface area contributed by atoms with E-state index in [-0.39, 0.29) is 24.1 Å². The van der Waals surface area contributed by atoms with Gasteiger partial charge in [-0.25, -0.2) is 0 Å². The summed E-state index contributed by atoms with van der Waals surface area (Å²) in [6, 6.07) is 2.81. The monoisotopic (exact) mass is 288 g/mol. The molecule has 1 aromatic rings. The van der Waals surface area contributed by atoms with Crippen LogP contribution in [0.1, 0.15) is 24.8 Å². The molecule has 0 bridgehead atoms. The van der Waals surface area contributed by atoms with Gasteiger partial charge in [0.05, 0.1) is 23.0 Å². The first-order valence-corrected chi connectivity index (χ1v) is 6.24. The zero-order chi connectivity index (χ0) is 14.8. The van der Waals surface area contributed by atoms with Gasteiger partial charge < -0.3 is 15.8 Å². The highest BCUT2D eigenvalue weighted by Crippen LogP contribution is 2.32. The van der Waals surface area contributed by atoms with Crippen LogP contribution < -0.4 is 11.1 Å². The third-order valence-electron chi connectivity index (χ3n) is 3.16. The summed E-state index contributed by atoms with van der Waals surface area (Å²) >= 11 is 0. The number of rotatable bonds is 4. The van der Waals surface area contributed by atoms with Crippen molar-refractivity contribution in [3.8, 4) is 0 Å². The van der Waals surface area contributed by atoms with Crippen LogP contribution in [-0.2, 0) is 15.7 Å². The fourth-order valence-electron chi connectivity index (χ4n) is 1.77. The van der Waals surface area contributed by atoms with E-state index in [9.17, 15) is 18.0 Å². The van der Waals surface area contributed by atoms with Gasteiger partial charge in [-0.2, -0.15) is 13.2 Å². The predicted molar refractivity (Wildman–Crippen MR) is 68.1 cm³/mol. The Kier molecular flexibility index (Phi) is 4.17. The maximum Gasteiger partial charge on any atom is 0.416 e. The zero-order valence-corrected chi connectivity index (χ0v) is 10.7. The van der Waals surface area contributed by atoms with Crippen LogP contribution in [-0.4, -0.2) is 18.6 Å². The first kappa shape index (κ1) is 14.6. The summed E-state index contributed by atoms with van der Waals surface area (Å²) in [5.74, 6) is -0.427. The van der Waals surface area contributed by atoms with Gasteiger partial charge >= 0.3 is 6.18 Å². The Morgan fingerprint density at radius 2 is 2.10 bits per heavy atom. The Balaban J connectivity index is 1.93. The lowest BCUT2D eigenvalue weighted by Crippen LogP contribution is -2.27. The Bertz CT molecular complexity index is 499. The average Bonchev–Trinajstić information content (AvgIpc) is 2.28.